The highest BCUT2D eigenvalue weighted by atomic mass is 16.2. The molecule has 2 N–H and O–H groups in total. The van der Waals surface area contributed by atoms with E-state index in [1.54, 1.807) is 17.7 Å². The van der Waals surface area contributed by atoms with E-state index in [1.165, 1.54) is 10.9 Å². The van der Waals surface area contributed by atoms with Crippen LogP contribution in [-0.2, 0) is 4.79 Å². The molecule has 0 saturated heterocycles. The lowest BCUT2D eigenvalue weighted by Gasteiger charge is -2.17. The number of carbonyl (C=O) groups is 1. The minimum absolute atomic E-state index is 0.169. The molecular formula is C22H25N7O2. The van der Waals surface area contributed by atoms with E-state index in [4.69, 9.17) is 0 Å². The highest BCUT2D eigenvalue weighted by molar-refractivity contribution is 5.94. The van der Waals surface area contributed by atoms with Crippen molar-refractivity contribution < 1.29 is 4.79 Å². The minimum Gasteiger partial charge on any atom is -0.310 e. The van der Waals surface area contributed by atoms with Crippen molar-refractivity contribution in [1.82, 2.24) is 29.5 Å². The molecule has 1 amide bonds. The molecular weight excluding hydrogens is 394 g/mol. The second-order valence-electron chi connectivity index (χ2n) is 8.69. The Labute approximate surface area is 179 Å². The average Bonchev–Trinajstić information content (AvgIpc) is 3.27. The summed E-state index contributed by atoms with van der Waals surface area (Å²) < 4.78 is 3.08. The third kappa shape index (κ3) is 3.63. The molecule has 31 heavy (non-hydrogen) atoms. The van der Waals surface area contributed by atoms with E-state index < -0.39 is 5.41 Å². The maximum absolute atomic E-state index is 12.8. The van der Waals surface area contributed by atoms with Gasteiger partial charge in [0.15, 0.2) is 5.65 Å². The van der Waals surface area contributed by atoms with E-state index in [-0.39, 0.29) is 17.4 Å². The average molecular weight is 419 g/mol. The summed E-state index contributed by atoms with van der Waals surface area (Å²) in [5.41, 5.74) is 3.17. The molecule has 3 aromatic heterocycles. The summed E-state index contributed by atoms with van der Waals surface area (Å²) in [6.45, 7) is 11.3. The van der Waals surface area contributed by atoms with Crippen LogP contribution >= 0.6 is 0 Å². The Kier molecular flexibility index (Phi) is 4.76. The van der Waals surface area contributed by atoms with E-state index >= 15 is 0 Å². The molecule has 9 heteroatoms. The lowest BCUT2D eigenvalue weighted by molar-refractivity contribution is -0.123. The number of aromatic amines is 1. The van der Waals surface area contributed by atoms with Crippen molar-refractivity contribution in [3.63, 3.8) is 0 Å². The maximum Gasteiger partial charge on any atom is 0.263 e. The molecule has 0 spiro atoms. The second-order valence-corrected chi connectivity index (χ2v) is 8.69. The van der Waals surface area contributed by atoms with E-state index in [1.807, 2.05) is 52.8 Å². The van der Waals surface area contributed by atoms with Crippen LogP contribution in [0.3, 0.4) is 0 Å². The smallest absolute Gasteiger partial charge is 0.263 e. The topological polar surface area (TPSA) is 110 Å². The van der Waals surface area contributed by atoms with E-state index in [9.17, 15) is 9.59 Å². The lowest BCUT2D eigenvalue weighted by Crippen LogP contribution is -2.29. The van der Waals surface area contributed by atoms with Gasteiger partial charge in [0.2, 0.25) is 11.9 Å². The van der Waals surface area contributed by atoms with Crippen LogP contribution in [0.15, 0.2) is 35.3 Å². The van der Waals surface area contributed by atoms with Gasteiger partial charge in [-0.15, -0.1) is 0 Å². The molecule has 0 aliphatic heterocycles. The number of benzene rings is 1. The lowest BCUT2D eigenvalue weighted by atomic mass is 9.96. The van der Waals surface area contributed by atoms with Crippen molar-refractivity contribution in [2.45, 2.75) is 41.5 Å². The molecule has 0 atom stereocenters. The van der Waals surface area contributed by atoms with Gasteiger partial charge in [-0.2, -0.15) is 19.9 Å². The van der Waals surface area contributed by atoms with Crippen molar-refractivity contribution in [1.29, 1.82) is 0 Å². The molecule has 9 nitrogen and oxygen atoms in total. The number of rotatable bonds is 3. The first-order chi connectivity index (χ1) is 14.6. The standard InChI is InChI=1S/C22H25N7O2/c1-12-8-7-9-16(14(12)3)28-18-15(11-23-28)19(30)26-21(25-18)29-17(10-13(2)27-29)24-20(31)22(4,5)6/h7-11H,1-6H3,(H,24,31)(H,25,26,30). The van der Waals surface area contributed by atoms with E-state index in [0.717, 1.165) is 16.8 Å². The number of hydrogen-bond acceptors (Lipinski definition) is 5. The SMILES string of the molecule is Cc1cc(NC(=O)C(C)(C)C)n(-c2nc3c(cnn3-c3cccc(C)c3C)c(=O)[nH]2)n1. The van der Waals surface area contributed by atoms with Gasteiger partial charge in [0.05, 0.1) is 17.6 Å². The number of aryl methyl sites for hydroxylation is 2. The third-order valence-corrected chi connectivity index (χ3v) is 5.18. The maximum atomic E-state index is 12.8. The molecule has 0 radical (unpaired) electrons. The summed E-state index contributed by atoms with van der Waals surface area (Å²) >= 11 is 0. The highest BCUT2D eigenvalue weighted by Crippen LogP contribution is 2.22. The monoisotopic (exact) mass is 419 g/mol. The summed E-state index contributed by atoms with van der Waals surface area (Å²) in [6, 6.07) is 7.63. The normalized spacial score (nSPS) is 11.8. The molecule has 3 heterocycles. The van der Waals surface area contributed by atoms with Crippen molar-refractivity contribution in [3.8, 4) is 11.6 Å². The molecule has 4 aromatic rings. The first kappa shape index (κ1) is 20.5. The number of nitrogens with zero attached hydrogens (tertiary/aromatic N) is 5. The summed E-state index contributed by atoms with van der Waals surface area (Å²) in [6.07, 6.45) is 1.50. The number of carbonyl (C=O) groups excluding carboxylic acids is 1. The fourth-order valence-corrected chi connectivity index (χ4v) is 3.20. The van der Waals surface area contributed by atoms with Crippen LogP contribution in [0, 0.1) is 26.2 Å². The number of anilines is 1. The van der Waals surface area contributed by atoms with E-state index in [2.05, 4.69) is 25.5 Å². The molecule has 0 saturated carbocycles. The highest BCUT2D eigenvalue weighted by Gasteiger charge is 2.24. The molecule has 160 valence electrons. The molecule has 0 bridgehead atoms. The largest absolute Gasteiger partial charge is 0.310 e. The molecule has 1 aromatic carbocycles. The third-order valence-electron chi connectivity index (χ3n) is 5.18. The predicted octanol–water partition coefficient (Wildman–Crippen LogP) is 3.20. The number of fused-ring (bicyclic) bond motifs is 1. The van der Waals surface area contributed by atoms with Crippen molar-refractivity contribution in [2.24, 2.45) is 5.41 Å². The molecule has 0 unspecified atom stereocenters. The fourth-order valence-electron chi connectivity index (χ4n) is 3.20. The van der Waals surface area contributed by atoms with Gasteiger partial charge in [-0.05, 0) is 38.0 Å². The minimum atomic E-state index is -0.588. The van der Waals surface area contributed by atoms with Gasteiger partial charge in [0.25, 0.3) is 5.56 Å². The Bertz CT molecular complexity index is 1370. The van der Waals surface area contributed by atoms with Gasteiger partial charge in [-0.1, -0.05) is 32.9 Å². The Balaban J connectivity index is 1.89. The number of nitrogens with one attached hydrogen (secondary N) is 2. The van der Waals surface area contributed by atoms with Crippen molar-refractivity contribution in [3.05, 3.63) is 57.6 Å². The van der Waals surface area contributed by atoms with Gasteiger partial charge in [-0.25, -0.2) is 4.68 Å². The van der Waals surface area contributed by atoms with E-state index in [0.29, 0.717) is 22.5 Å². The zero-order chi connectivity index (χ0) is 22.5. The van der Waals surface area contributed by atoms with Gasteiger partial charge < -0.3 is 5.32 Å². The molecule has 0 aliphatic rings. The Morgan fingerprint density at radius 2 is 1.87 bits per heavy atom. The first-order valence-electron chi connectivity index (χ1n) is 9.99. The van der Waals surface area contributed by atoms with Crippen LogP contribution in [0.5, 0.6) is 0 Å². The predicted molar refractivity (Wildman–Crippen MR) is 119 cm³/mol. The number of aromatic nitrogens is 6. The zero-order valence-electron chi connectivity index (χ0n) is 18.4. The zero-order valence-corrected chi connectivity index (χ0v) is 18.4. The van der Waals surface area contributed by atoms with Crippen molar-refractivity contribution in [2.75, 3.05) is 5.32 Å². The molecule has 4 rings (SSSR count). The Morgan fingerprint density at radius 1 is 1.13 bits per heavy atom. The van der Waals surface area contributed by atoms with Gasteiger partial charge in [0, 0.05) is 11.5 Å². The summed E-state index contributed by atoms with van der Waals surface area (Å²) in [5, 5.41) is 12.1. The first-order valence-corrected chi connectivity index (χ1v) is 9.99. The van der Waals surface area contributed by atoms with Crippen LogP contribution in [-0.4, -0.2) is 35.4 Å². The van der Waals surface area contributed by atoms with Gasteiger partial charge in [-0.3, -0.25) is 14.6 Å². The summed E-state index contributed by atoms with van der Waals surface area (Å²) in [4.78, 5) is 32.7. The number of H-pyrrole nitrogens is 1. The number of hydrogen-bond donors (Lipinski definition) is 2. The van der Waals surface area contributed by atoms with Gasteiger partial charge >= 0.3 is 0 Å². The summed E-state index contributed by atoms with van der Waals surface area (Å²) in [7, 11) is 0. The van der Waals surface area contributed by atoms with Crippen LogP contribution in [0.2, 0.25) is 0 Å². The Morgan fingerprint density at radius 3 is 2.58 bits per heavy atom. The van der Waals surface area contributed by atoms with Gasteiger partial charge in [0.1, 0.15) is 11.2 Å². The Hall–Kier alpha value is -3.75. The van der Waals surface area contributed by atoms with Crippen LogP contribution in [0.1, 0.15) is 37.6 Å². The fraction of sp³-hybridized carbons (Fsp3) is 0.318. The molecule has 0 fully saturated rings. The van der Waals surface area contributed by atoms with Crippen LogP contribution < -0.4 is 10.9 Å². The van der Waals surface area contributed by atoms with Crippen molar-refractivity contribution >= 4 is 22.8 Å². The van der Waals surface area contributed by atoms with Crippen LogP contribution in [0.25, 0.3) is 22.7 Å². The molecule has 0 aliphatic carbocycles. The summed E-state index contributed by atoms with van der Waals surface area (Å²) in [5.74, 6) is 0.456. The quantitative estimate of drug-likeness (QED) is 0.530. The number of amides is 1. The van der Waals surface area contributed by atoms with Crippen LogP contribution in [0.4, 0.5) is 5.82 Å². The second kappa shape index (κ2) is 7.19.